The normalized spacial score (nSPS) is 37.0. The number of nitrogens with one attached hydrogen (secondary N) is 1. The van der Waals surface area contributed by atoms with Crippen molar-refractivity contribution in [2.75, 3.05) is 58.9 Å². The molecule has 56 heavy (non-hydrogen) atoms. The van der Waals surface area contributed by atoms with Gasteiger partial charge < -0.3 is 38.9 Å². The van der Waals surface area contributed by atoms with Crippen LogP contribution in [-0.2, 0) is 41.1 Å². The van der Waals surface area contributed by atoms with E-state index in [1.165, 1.54) is 25.9 Å². The molecule has 2 N–H and O–H groups in total. The summed E-state index contributed by atoms with van der Waals surface area (Å²) in [4.78, 5) is 52.6. The molecule has 1 aliphatic carbocycles. The van der Waals surface area contributed by atoms with Gasteiger partial charge in [0.1, 0.15) is 12.0 Å². The van der Waals surface area contributed by atoms with Gasteiger partial charge in [0.25, 0.3) is 0 Å². The van der Waals surface area contributed by atoms with E-state index in [-0.39, 0.29) is 12.0 Å². The van der Waals surface area contributed by atoms with Crippen LogP contribution in [0.1, 0.15) is 75.3 Å². The maximum absolute atomic E-state index is 14.5. The fraction of sp³-hybridized carbons (Fsp3) is 0.578. The van der Waals surface area contributed by atoms with E-state index in [2.05, 4.69) is 58.1 Å². The number of hydrogen-bond donors (Lipinski definition) is 2. The van der Waals surface area contributed by atoms with Crippen molar-refractivity contribution in [3.63, 3.8) is 0 Å². The zero-order valence-corrected chi connectivity index (χ0v) is 33.6. The summed E-state index contributed by atoms with van der Waals surface area (Å²) >= 11 is 0. The molecule has 0 radical (unpaired) electrons. The first-order chi connectivity index (χ1) is 27.0. The molecule has 2 saturated heterocycles. The number of aromatic nitrogens is 1. The predicted octanol–water partition coefficient (Wildman–Crippen LogP) is 4.90. The van der Waals surface area contributed by atoms with Crippen LogP contribution in [0.15, 0.2) is 48.6 Å². The number of carbonyl (C=O) groups excluding carboxylic acids is 3. The second-order valence-electron chi connectivity index (χ2n) is 17.6. The number of rotatable bonds is 7. The first-order valence-electron chi connectivity index (χ1n) is 20.6. The fourth-order valence-electron chi connectivity index (χ4n) is 13.2. The number of anilines is 1. The number of fused-ring (bicyclic) bond motifs is 6. The van der Waals surface area contributed by atoms with Crippen LogP contribution in [0.2, 0.25) is 0 Å². The Hall–Kier alpha value is -4.19. The molecular weight excluding hydrogens is 709 g/mol. The number of carbonyl (C=O) groups is 3. The van der Waals surface area contributed by atoms with Crippen LogP contribution in [-0.4, -0.2) is 116 Å². The molecule has 3 fully saturated rings. The van der Waals surface area contributed by atoms with E-state index >= 15 is 0 Å². The second-order valence-corrected chi connectivity index (χ2v) is 17.6. The largest absolute Gasteiger partial charge is 0.496 e. The summed E-state index contributed by atoms with van der Waals surface area (Å²) in [7, 11) is 4.85. The molecule has 2 bridgehead atoms. The van der Waals surface area contributed by atoms with Crippen molar-refractivity contribution in [2.24, 2.45) is 17.3 Å². The Labute approximate surface area is 329 Å². The van der Waals surface area contributed by atoms with E-state index in [9.17, 15) is 19.5 Å². The second kappa shape index (κ2) is 13.2. The van der Waals surface area contributed by atoms with Crippen molar-refractivity contribution >= 4 is 34.8 Å². The molecule has 2 aromatic carbocycles. The molecule has 6 aliphatic rings. The number of piperidine rings is 1. The number of H-pyrrole nitrogens is 1. The summed E-state index contributed by atoms with van der Waals surface area (Å²) in [6.45, 7) is 9.98. The smallest absolute Gasteiger partial charge is 0.344 e. The average Bonchev–Trinajstić information content (AvgIpc) is 3.87. The quantitative estimate of drug-likeness (QED) is 0.195. The summed E-state index contributed by atoms with van der Waals surface area (Å²) in [6, 6.07) is 11.5. The molecule has 11 nitrogen and oxygen atoms in total. The van der Waals surface area contributed by atoms with Crippen LogP contribution in [0.25, 0.3) is 10.9 Å². The number of benzene rings is 2. The van der Waals surface area contributed by atoms with Crippen LogP contribution < -0.4 is 9.64 Å². The highest BCUT2D eigenvalue weighted by Gasteiger charge is 2.80. The lowest BCUT2D eigenvalue weighted by Gasteiger charge is -2.63. The molecule has 1 spiro atoms. The number of aliphatic hydroxyl groups is 1. The number of esters is 2. The van der Waals surface area contributed by atoms with E-state index < -0.39 is 45.9 Å². The number of aromatic amines is 1. The van der Waals surface area contributed by atoms with Crippen molar-refractivity contribution in [3.05, 3.63) is 70.9 Å². The molecule has 1 aromatic heterocycles. The monoisotopic (exact) mass is 764 g/mol. The third kappa shape index (κ3) is 4.77. The zero-order chi connectivity index (χ0) is 39.4. The Morgan fingerprint density at radius 3 is 2.59 bits per heavy atom. The van der Waals surface area contributed by atoms with Crippen molar-refractivity contribution in [2.45, 2.75) is 93.9 Å². The van der Waals surface area contributed by atoms with Crippen molar-refractivity contribution < 1.29 is 33.7 Å². The van der Waals surface area contributed by atoms with Crippen LogP contribution in [0, 0.1) is 17.3 Å². The first kappa shape index (κ1) is 37.4. The van der Waals surface area contributed by atoms with Gasteiger partial charge in [-0.1, -0.05) is 50.6 Å². The molecule has 3 aromatic rings. The van der Waals surface area contributed by atoms with Crippen LogP contribution in [0.5, 0.6) is 5.75 Å². The Bertz CT molecular complexity index is 2130. The van der Waals surface area contributed by atoms with Crippen LogP contribution in [0.3, 0.4) is 0 Å². The van der Waals surface area contributed by atoms with Gasteiger partial charge >= 0.3 is 11.9 Å². The zero-order valence-electron chi connectivity index (χ0n) is 33.6. The Morgan fingerprint density at radius 1 is 1.07 bits per heavy atom. The first-order valence-corrected chi connectivity index (χ1v) is 20.6. The van der Waals surface area contributed by atoms with Gasteiger partial charge in [0, 0.05) is 90.9 Å². The summed E-state index contributed by atoms with van der Waals surface area (Å²) in [6.07, 6.45) is 8.84. The number of likely N-dealkylation sites (N-methyl/N-ethyl adjacent to an activating group) is 1. The highest BCUT2D eigenvalue weighted by atomic mass is 16.6. The number of aldehydes is 1. The number of para-hydroxylation sites is 1. The number of nitrogens with zero attached hydrogens (tertiary/aromatic N) is 3. The Morgan fingerprint density at radius 2 is 1.88 bits per heavy atom. The highest BCUT2D eigenvalue weighted by Crippen LogP contribution is 2.68. The summed E-state index contributed by atoms with van der Waals surface area (Å²) in [5.41, 5.74) is 0.632. The van der Waals surface area contributed by atoms with Gasteiger partial charge in [0.15, 0.2) is 6.10 Å². The minimum atomic E-state index is -2.24. The Balaban J connectivity index is 1.33. The van der Waals surface area contributed by atoms with Crippen molar-refractivity contribution in [1.82, 2.24) is 14.8 Å². The van der Waals surface area contributed by atoms with Gasteiger partial charge in [-0.15, -0.1) is 0 Å². The van der Waals surface area contributed by atoms with Crippen LogP contribution >= 0.6 is 0 Å². The topological polar surface area (TPSA) is 125 Å². The summed E-state index contributed by atoms with van der Waals surface area (Å²) in [5.74, 6) is -0.00317. The maximum atomic E-state index is 14.5. The lowest BCUT2D eigenvalue weighted by Crippen LogP contribution is -2.81. The Kier molecular flexibility index (Phi) is 8.80. The fourth-order valence-corrected chi connectivity index (χ4v) is 13.2. The van der Waals surface area contributed by atoms with E-state index in [4.69, 9.17) is 14.2 Å². The van der Waals surface area contributed by atoms with E-state index in [1.54, 1.807) is 7.11 Å². The van der Waals surface area contributed by atoms with Gasteiger partial charge in [0.2, 0.25) is 5.60 Å². The van der Waals surface area contributed by atoms with Crippen molar-refractivity contribution in [3.8, 4) is 5.75 Å². The van der Waals surface area contributed by atoms with Gasteiger partial charge in [-0.2, -0.15) is 0 Å². The SMILES string of the molecule is CCC1C[C@@H]2CN(CCc3c([nH]c4ccccc34)[C@@](C=O)(c3cc4c(cc3OC)N(C)C3C(O)(C(=O)OC)[C@H](OC(C)=O)[C@]5(CC)C=CCN6CC[C@]43[C@@H]65)C2)C1. The lowest BCUT2D eigenvalue weighted by atomic mass is 9.47. The lowest BCUT2D eigenvalue weighted by molar-refractivity contribution is -0.228. The number of ether oxygens (including phenoxy) is 3. The molecular formula is C45H56N4O7. The van der Waals surface area contributed by atoms with E-state index in [0.29, 0.717) is 44.0 Å². The molecule has 1 saturated carbocycles. The molecule has 298 valence electrons. The van der Waals surface area contributed by atoms with Gasteiger partial charge in [-0.05, 0) is 73.7 Å². The third-order valence-electron chi connectivity index (χ3n) is 15.2. The number of hydrogen-bond acceptors (Lipinski definition) is 10. The summed E-state index contributed by atoms with van der Waals surface area (Å²) in [5, 5.41) is 14.4. The molecule has 5 aliphatic heterocycles. The molecule has 11 heteroatoms. The average molecular weight is 765 g/mol. The minimum Gasteiger partial charge on any atom is -0.496 e. The van der Waals surface area contributed by atoms with Crippen molar-refractivity contribution in [1.29, 1.82) is 0 Å². The third-order valence-corrected chi connectivity index (χ3v) is 15.2. The molecule has 4 unspecified atom stereocenters. The molecule has 6 heterocycles. The minimum absolute atomic E-state index is 0.234. The van der Waals surface area contributed by atoms with E-state index in [0.717, 1.165) is 72.3 Å². The van der Waals surface area contributed by atoms with Gasteiger partial charge in [0.05, 0.1) is 25.7 Å². The predicted molar refractivity (Wildman–Crippen MR) is 213 cm³/mol. The molecule has 9 rings (SSSR count). The van der Waals surface area contributed by atoms with Crippen LogP contribution in [0.4, 0.5) is 5.69 Å². The molecule has 10 atom stereocenters. The van der Waals surface area contributed by atoms with E-state index in [1.807, 2.05) is 31.0 Å². The summed E-state index contributed by atoms with van der Waals surface area (Å²) < 4.78 is 18.0. The standard InChI is InChI=1S/C45H56N4O7/c1-7-28-20-29-23-43(26-50,37-31(14-18-48(24-28)25-29)30-12-9-10-13-34(30)46-37)33-21-32-35(22-36(33)54-5)47(4)39-44(32)16-19-49-17-11-15-42(8-2,38(44)49)40(56-27(3)51)45(39,53)41(52)55-6/h9-13,15,21-22,26,28-29,38-40,46,53H,7-8,14,16-20,23-25H2,1-6H3/t28?,29-,38-,39?,40+,42+,43-,44+,45?/m0/s1. The van der Waals surface area contributed by atoms with Gasteiger partial charge in [-0.3, -0.25) is 9.69 Å². The number of methoxy groups -OCH3 is 2. The maximum Gasteiger partial charge on any atom is 0.344 e. The van der Waals surface area contributed by atoms with Gasteiger partial charge in [-0.25, -0.2) is 4.79 Å². The highest BCUT2D eigenvalue weighted by molar-refractivity contribution is 5.91. The molecule has 0 amide bonds.